The van der Waals surface area contributed by atoms with Gasteiger partial charge in [-0.1, -0.05) is 23.3 Å². The van der Waals surface area contributed by atoms with E-state index in [1.807, 2.05) is 15.9 Å². The second-order valence-electron chi connectivity index (χ2n) is 7.14. The number of carbonyl (C=O) groups is 1. The molecule has 0 bridgehead atoms. The van der Waals surface area contributed by atoms with Crippen molar-refractivity contribution in [2.75, 3.05) is 37.6 Å². The van der Waals surface area contributed by atoms with Gasteiger partial charge in [0.15, 0.2) is 0 Å². The minimum atomic E-state index is -0.209. The van der Waals surface area contributed by atoms with E-state index in [0.717, 1.165) is 19.4 Å². The highest BCUT2D eigenvalue weighted by molar-refractivity contribution is 5.82. The van der Waals surface area contributed by atoms with Crippen LogP contribution in [0.15, 0.2) is 28.7 Å². The molecule has 2 aliphatic rings. The van der Waals surface area contributed by atoms with Crippen molar-refractivity contribution >= 4 is 11.9 Å². The van der Waals surface area contributed by atoms with Gasteiger partial charge in [-0.3, -0.25) is 9.69 Å². The average molecular weight is 373 g/mol. The number of piperazine rings is 1. The molecule has 144 valence electrons. The molecule has 1 amide bonds. The molecule has 3 heterocycles. The van der Waals surface area contributed by atoms with E-state index in [2.05, 4.69) is 15.1 Å². The van der Waals surface area contributed by atoms with Crippen LogP contribution in [0.1, 0.15) is 24.3 Å². The molecule has 8 heteroatoms. The van der Waals surface area contributed by atoms with Crippen LogP contribution < -0.4 is 4.90 Å². The summed E-state index contributed by atoms with van der Waals surface area (Å²) >= 11 is 0. The van der Waals surface area contributed by atoms with Crippen LogP contribution in [0.5, 0.6) is 0 Å². The van der Waals surface area contributed by atoms with Gasteiger partial charge in [0.25, 0.3) is 0 Å². The number of likely N-dealkylation sites (tertiary alicyclic amines) is 1. The number of anilines is 1. The molecule has 1 unspecified atom stereocenters. The lowest BCUT2D eigenvalue weighted by atomic mass is 10.1. The fourth-order valence-corrected chi connectivity index (χ4v) is 3.88. The topological polar surface area (TPSA) is 65.7 Å². The fourth-order valence-electron chi connectivity index (χ4n) is 3.88. The Morgan fingerprint density at radius 1 is 1.19 bits per heavy atom. The third-order valence-electron chi connectivity index (χ3n) is 5.36. The molecule has 0 radical (unpaired) electrons. The third kappa shape index (κ3) is 3.80. The number of halogens is 1. The van der Waals surface area contributed by atoms with Crippen LogP contribution in [0.4, 0.5) is 10.4 Å². The molecule has 4 rings (SSSR count). The summed E-state index contributed by atoms with van der Waals surface area (Å²) in [6.07, 6.45) is 1.79. The Morgan fingerprint density at radius 2 is 1.96 bits per heavy atom. The van der Waals surface area contributed by atoms with Crippen molar-refractivity contribution in [3.8, 4) is 0 Å². The van der Waals surface area contributed by atoms with Crippen molar-refractivity contribution in [3.05, 3.63) is 41.5 Å². The Labute approximate surface area is 157 Å². The number of aryl methyl sites for hydroxylation is 1. The van der Waals surface area contributed by atoms with Crippen LogP contribution in [-0.2, 0) is 11.3 Å². The molecule has 7 nitrogen and oxygen atoms in total. The van der Waals surface area contributed by atoms with Gasteiger partial charge in [0.05, 0.1) is 6.04 Å². The summed E-state index contributed by atoms with van der Waals surface area (Å²) in [5.74, 6) is 0.475. The van der Waals surface area contributed by atoms with E-state index >= 15 is 0 Å². The Morgan fingerprint density at radius 3 is 2.67 bits per heavy atom. The first-order valence-electron chi connectivity index (χ1n) is 9.43. The van der Waals surface area contributed by atoms with Gasteiger partial charge >= 0.3 is 6.01 Å². The number of hydrogen-bond donors (Lipinski definition) is 0. The van der Waals surface area contributed by atoms with Crippen LogP contribution in [0.25, 0.3) is 0 Å². The predicted octanol–water partition coefficient (Wildman–Crippen LogP) is 1.83. The van der Waals surface area contributed by atoms with Gasteiger partial charge in [-0.15, -0.1) is 5.10 Å². The first-order chi connectivity index (χ1) is 13.1. The third-order valence-corrected chi connectivity index (χ3v) is 5.36. The van der Waals surface area contributed by atoms with Crippen LogP contribution in [0.2, 0.25) is 0 Å². The van der Waals surface area contributed by atoms with Gasteiger partial charge in [0.2, 0.25) is 11.8 Å². The monoisotopic (exact) mass is 373 g/mol. The Balaban J connectivity index is 1.37. The predicted molar refractivity (Wildman–Crippen MR) is 97.7 cm³/mol. The summed E-state index contributed by atoms with van der Waals surface area (Å²) in [7, 11) is 0. The van der Waals surface area contributed by atoms with E-state index in [9.17, 15) is 9.18 Å². The Kier molecular flexibility index (Phi) is 5.07. The maximum atomic E-state index is 14.0. The highest BCUT2D eigenvalue weighted by Gasteiger charge is 2.35. The molecule has 2 aromatic rings. The van der Waals surface area contributed by atoms with E-state index in [-0.39, 0.29) is 17.8 Å². The van der Waals surface area contributed by atoms with Crippen LogP contribution in [-0.4, -0.2) is 64.7 Å². The summed E-state index contributed by atoms with van der Waals surface area (Å²) in [6, 6.07) is 7.14. The molecule has 0 saturated carbocycles. The second-order valence-corrected chi connectivity index (χ2v) is 7.14. The lowest BCUT2D eigenvalue weighted by Crippen LogP contribution is -2.53. The summed E-state index contributed by atoms with van der Waals surface area (Å²) in [5.41, 5.74) is 0.647. The van der Waals surface area contributed by atoms with Gasteiger partial charge in [-0.05, 0) is 25.5 Å². The van der Waals surface area contributed by atoms with Crippen molar-refractivity contribution in [1.82, 2.24) is 20.0 Å². The number of aromatic nitrogens is 2. The van der Waals surface area contributed by atoms with Gasteiger partial charge in [0.1, 0.15) is 5.82 Å². The van der Waals surface area contributed by atoms with Crippen LogP contribution in [0, 0.1) is 12.7 Å². The van der Waals surface area contributed by atoms with E-state index in [4.69, 9.17) is 4.42 Å². The minimum absolute atomic E-state index is 0.144. The number of nitrogens with zero attached hydrogens (tertiary/aromatic N) is 5. The van der Waals surface area contributed by atoms with E-state index in [1.54, 1.807) is 19.1 Å². The first-order valence-corrected chi connectivity index (χ1v) is 9.43. The van der Waals surface area contributed by atoms with Crippen molar-refractivity contribution < 1.29 is 13.6 Å². The molecule has 1 aromatic carbocycles. The Bertz CT molecular complexity index is 803. The normalized spacial score (nSPS) is 21.0. The van der Waals surface area contributed by atoms with Crippen LogP contribution in [0.3, 0.4) is 0 Å². The number of rotatable bonds is 4. The molecule has 1 aromatic heterocycles. The summed E-state index contributed by atoms with van der Waals surface area (Å²) in [6.45, 7) is 5.67. The van der Waals surface area contributed by atoms with Crippen molar-refractivity contribution in [2.24, 2.45) is 0 Å². The molecule has 1 atom stereocenters. The largest absolute Gasteiger partial charge is 0.408 e. The summed E-state index contributed by atoms with van der Waals surface area (Å²) in [5, 5.41) is 7.91. The molecular formula is C19H24FN5O2. The smallest absolute Gasteiger partial charge is 0.318 e. The SMILES string of the molecule is Cc1nnc(N2CCN(C(=O)C3CCCN3Cc3ccccc3F)CC2)o1. The van der Waals surface area contributed by atoms with Gasteiger partial charge < -0.3 is 14.2 Å². The lowest BCUT2D eigenvalue weighted by Gasteiger charge is -2.36. The zero-order chi connectivity index (χ0) is 18.8. The van der Waals surface area contributed by atoms with Gasteiger partial charge in [-0.2, -0.15) is 0 Å². The van der Waals surface area contributed by atoms with Crippen molar-refractivity contribution in [2.45, 2.75) is 32.4 Å². The molecule has 0 N–H and O–H groups in total. The maximum Gasteiger partial charge on any atom is 0.318 e. The molecule has 2 aliphatic heterocycles. The molecule has 0 aliphatic carbocycles. The lowest BCUT2D eigenvalue weighted by molar-refractivity contribution is -0.136. The molecular weight excluding hydrogens is 349 g/mol. The number of hydrogen-bond acceptors (Lipinski definition) is 6. The summed E-state index contributed by atoms with van der Waals surface area (Å²) < 4.78 is 19.5. The highest BCUT2D eigenvalue weighted by Crippen LogP contribution is 2.24. The number of amides is 1. The quantitative estimate of drug-likeness (QED) is 0.815. The zero-order valence-corrected chi connectivity index (χ0v) is 15.5. The van der Waals surface area contributed by atoms with Gasteiger partial charge in [0, 0.05) is 45.2 Å². The molecule has 27 heavy (non-hydrogen) atoms. The standard InChI is InChI=1S/C19H24FN5O2/c1-14-21-22-19(27-14)24-11-9-23(10-12-24)18(26)17-7-4-8-25(17)13-15-5-2-3-6-16(15)20/h2-3,5-6,17H,4,7-13H2,1H3. The van der Waals surface area contributed by atoms with Crippen LogP contribution >= 0.6 is 0 Å². The molecule has 2 saturated heterocycles. The second kappa shape index (κ2) is 7.64. The fraction of sp³-hybridized carbons (Fsp3) is 0.526. The van der Waals surface area contributed by atoms with Crippen molar-refractivity contribution in [3.63, 3.8) is 0 Å². The minimum Gasteiger partial charge on any atom is -0.408 e. The number of benzene rings is 1. The van der Waals surface area contributed by atoms with E-state index < -0.39 is 0 Å². The number of carbonyl (C=O) groups excluding carboxylic acids is 1. The van der Waals surface area contributed by atoms with Crippen molar-refractivity contribution in [1.29, 1.82) is 0 Å². The molecule has 0 spiro atoms. The van der Waals surface area contributed by atoms with E-state index in [1.165, 1.54) is 6.07 Å². The maximum absolute atomic E-state index is 14.0. The first kappa shape index (κ1) is 17.9. The zero-order valence-electron chi connectivity index (χ0n) is 15.5. The summed E-state index contributed by atoms with van der Waals surface area (Å²) in [4.78, 5) is 19.1. The Hall–Kier alpha value is -2.48. The average Bonchev–Trinajstić information content (AvgIpc) is 3.32. The molecule has 2 fully saturated rings. The van der Waals surface area contributed by atoms with E-state index in [0.29, 0.717) is 50.2 Å². The highest BCUT2D eigenvalue weighted by atomic mass is 19.1. The van der Waals surface area contributed by atoms with Gasteiger partial charge in [-0.25, -0.2) is 4.39 Å².